The highest BCUT2D eigenvalue weighted by Gasteiger charge is 2.19. The lowest BCUT2D eigenvalue weighted by Gasteiger charge is -2.15. The summed E-state index contributed by atoms with van der Waals surface area (Å²) in [4.78, 5) is 12.6. The van der Waals surface area contributed by atoms with Crippen molar-refractivity contribution in [2.45, 2.75) is 20.8 Å². The number of fused-ring (bicyclic) bond motifs is 1. The number of furan rings is 1. The summed E-state index contributed by atoms with van der Waals surface area (Å²) < 4.78 is 13.0. The summed E-state index contributed by atoms with van der Waals surface area (Å²) in [5.41, 5.74) is 6.21. The molecule has 0 spiro atoms. The monoisotopic (exact) mass is 489 g/mol. The van der Waals surface area contributed by atoms with E-state index in [4.69, 9.17) is 9.15 Å². The van der Waals surface area contributed by atoms with Crippen LogP contribution in [0.1, 0.15) is 25.0 Å². The third kappa shape index (κ3) is 4.48. The number of ether oxygens (including phenoxy) is 1. The highest BCUT2D eigenvalue weighted by Crippen LogP contribution is 2.41. The number of aryl methyl sites for hydroxylation is 1. The summed E-state index contributed by atoms with van der Waals surface area (Å²) in [6.07, 6.45) is 3.39. The van der Waals surface area contributed by atoms with Crippen molar-refractivity contribution in [3.05, 3.63) is 88.6 Å². The van der Waals surface area contributed by atoms with Gasteiger partial charge in [-0.2, -0.15) is 0 Å². The first-order chi connectivity index (χ1) is 15.5. The van der Waals surface area contributed by atoms with Gasteiger partial charge in [0.1, 0.15) is 11.3 Å². The lowest BCUT2D eigenvalue weighted by Crippen LogP contribution is -2.08. The van der Waals surface area contributed by atoms with Crippen molar-refractivity contribution in [1.29, 1.82) is 0 Å². The van der Waals surface area contributed by atoms with Crippen molar-refractivity contribution >= 4 is 44.1 Å². The van der Waals surface area contributed by atoms with E-state index in [1.165, 1.54) is 0 Å². The zero-order valence-corrected chi connectivity index (χ0v) is 19.8. The fourth-order valence-corrected chi connectivity index (χ4v) is 4.03. The summed E-state index contributed by atoms with van der Waals surface area (Å²) in [6.45, 7) is 6.38. The van der Waals surface area contributed by atoms with Gasteiger partial charge in [-0.1, -0.05) is 46.3 Å². The van der Waals surface area contributed by atoms with E-state index in [9.17, 15) is 4.79 Å². The van der Waals surface area contributed by atoms with Crippen molar-refractivity contribution in [2.75, 3.05) is 11.9 Å². The normalized spacial score (nSPS) is 11.6. The Balaban J connectivity index is 1.79. The van der Waals surface area contributed by atoms with Gasteiger partial charge in [0.2, 0.25) is 5.91 Å². The Kier molecular flexibility index (Phi) is 6.47. The van der Waals surface area contributed by atoms with Gasteiger partial charge in [0, 0.05) is 38.3 Å². The summed E-state index contributed by atoms with van der Waals surface area (Å²) in [6, 6.07) is 19.6. The van der Waals surface area contributed by atoms with Gasteiger partial charge in [-0.15, -0.1) is 0 Å². The molecule has 1 aromatic heterocycles. The van der Waals surface area contributed by atoms with Crippen LogP contribution in [0.3, 0.4) is 0 Å². The molecule has 0 aliphatic heterocycles. The molecule has 0 saturated heterocycles. The number of hydrogen-bond acceptors (Lipinski definition) is 3. The number of nitrogens with one attached hydrogen (secondary N) is 1. The molecule has 1 heterocycles. The van der Waals surface area contributed by atoms with Gasteiger partial charge < -0.3 is 14.5 Å². The first kappa shape index (κ1) is 21.9. The SMILES string of the molecule is CCOc1c(/C(C)=C/C(=O)Nc2ccccc2)cc2c(-c3ccc(Br)cc3)coc2c1C. The van der Waals surface area contributed by atoms with E-state index in [1.807, 2.05) is 63.2 Å². The third-order valence-corrected chi connectivity index (χ3v) is 5.83. The molecule has 0 aliphatic carbocycles. The molecular formula is C27H24BrNO3. The zero-order chi connectivity index (χ0) is 22.7. The van der Waals surface area contributed by atoms with Crippen LogP contribution in [0, 0.1) is 6.92 Å². The molecule has 0 aliphatic rings. The predicted octanol–water partition coefficient (Wildman–Crippen LogP) is 7.61. The average Bonchev–Trinajstić information content (AvgIpc) is 3.21. The maximum Gasteiger partial charge on any atom is 0.248 e. The number of allylic oxidation sites excluding steroid dienone is 1. The number of anilines is 1. The van der Waals surface area contributed by atoms with Gasteiger partial charge in [0.15, 0.2) is 0 Å². The minimum Gasteiger partial charge on any atom is -0.493 e. The minimum absolute atomic E-state index is 0.186. The molecule has 3 aromatic carbocycles. The van der Waals surface area contributed by atoms with Crippen LogP contribution in [0.5, 0.6) is 5.75 Å². The van der Waals surface area contributed by atoms with Crippen molar-refractivity contribution < 1.29 is 13.9 Å². The number of rotatable bonds is 6. The molecule has 0 unspecified atom stereocenters. The molecule has 0 atom stereocenters. The van der Waals surface area contributed by atoms with Gasteiger partial charge >= 0.3 is 0 Å². The largest absolute Gasteiger partial charge is 0.493 e. The molecule has 32 heavy (non-hydrogen) atoms. The van der Waals surface area contributed by atoms with Crippen LogP contribution in [0.4, 0.5) is 5.69 Å². The molecule has 4 rings (SSSR count). The summed E-state index contributed by atoms with van der Waals surface area (Å²) in [7, 11) is 0. The molecule has 4 aromatic rings. The maximum absolute atomic E-state index is 12.6. The highest BCUT2D eigenvalue weighted by atomic mass is 79.9. The molecule has 5 heteroatoms. The van der Waals surface area contributed by atoms with Crippen LogP contribution >= 0.6 is 15.9 Å². The van der Waals surface area contributed by atoms with Crippen molar-refractivity contribution in [3.63, 3.8) is 0 Å². The molecular weight excluding hydrogens is 466 g/mol. The molecule has 1 N–H and O–H groups in total. The third-order valence-electron chi connectivity index (χ3n) is 5.30. The Morgan fingerprint density at radius 3 is 2.53 bits per heavy atom. The highest BCUT2D eigenvalue weighted by molar-refractivity contribution is 9.10. The number of amides is 1. The lowest BCUT2D eigenvalue weighted by atomic mass is 9.96. The molecule has 162 valence electrons. The van der Waals surface area contributed by atoms with Gasteiger partial charge in [-0.3, -0.25) is 4.79 Å². The van der Waals surface area contributed by atoms with E-state index in [0.717, 1.165) is 54.7 Å². The van der Waals surface area contributed by atoms with Crippen LogP contribution < -0.4 is 10.1 Å². The van der Waals surface area contributed by atoms with Gasteiger partial charge in [0.05, 0.1) is 12.9 Å². The van der Waals surface area contributed by atoms with E-state index in [1.54, 1.807) is 12.3 Å². The maximum atomic E-state index is 12.6. The van der Waals surface area contributed by atoms with Gasteiger partial charge in [-0.05, 0) is 62.2 Å². The van der Waals surface area contributed by atoms with E-state index in [0.29, 0.717) is 6.61 Å². The van der Waals surface area contributed by atoms with E-state index in [-0.39, 0.29) is 5.91 Å². The van der Waals surface area contributed by atoms with Gasteiger partial charge in [0.25, 0.3) is 0 Å². The van der Waals surface area contributed by atoms with E-state index < -0.39 is 0 Å². The fourth-order valence-electron chi connectivity index (χ4n) is 3.77. The summed E-state index contributed by atoms with van der Waals surface area (Å²) in [5, 5.41) is 3.89. The summed E-state index contributed by atoms with van der Waals surface area (Å²) >= 11 is 3.49. The predicted molar refractivity (Wildman–Crippen MR) is 134 cm³/mol. The number of para-hydroxylation sites is 1. The number of hydrogen-bond donors (Lipinski definition) is 1. The Hall–Kier alpha value is -3.31. The average molecular weight is 490 g/mol. The zero-order valence-electron chi connectivity index (χ0n) is 18.2. The summed E-state index contributed by atoms with van der Waals surface area (Å²) in [5.74, 6) is 0.548. The Morgan fingerprint density at radius 2 is 1.84 bits per heavy atom. The van der Waals surface area contributed by atoms with Crippen LogP contribution in [-0.4, -0.2) is 12.5 Å². The quantitative estimate of drug-likeness (QED) is 0.283. The topological polar surface area (TPSA) is 51.5 Å². The number of carbonyl (C=O) groups excluding carboxylic acids is 1. The number of carbonyl (C=O) groups is 1. The molecule has 0 bridgehead atoms. The van der Waals surface area contributed by atoms with Crippen LogP contribution in [0.15, 0.2) is 81.9 Å². The molecule has 0 radical (unpaired) electrons. The molecule has 4 nitrogen and oxygen atoms in total. The fraction of sp³-hybridized carbons (Fsp3) is 0.148. The minimum atomic E-state index is -0.186. The smallest absolute Gasteiger partial charge is 0.248 e. The van der Waals surface area contributed by atoms with Crippen LogP contribution in [0.25, 0.3) is 27.7 Å². The second-order valence-corrected chi connectivity index (χ2v) is 8.44. The second-order valence-electron chi connectivity index (χ2n) is 7.53. The molecule has 0 saturated carbocycles. The first-order valence-electron chi connectivity index (χ1n) is 10.5. The van der Waals surface area contributed by atoms with Crippen molar-refractivity contribution in [2.24, 2.45) is 0 Å². The lowest BCUT2D eigenvalue weighted by molar-refractivity contribution is -0.111. The second kappa shape index (κ2) is 9.45. The Bertz CT molecular complexity index is 1290. The van der Waals surface area contributed by atoms with Crippen LogP contribution in [-0.2, 0) is 4.79 Å². The molecule has 0 fully saturated rings. The molecule has 1 amide bonds. The van der Waals surface area contributed by atoms with Crippen molar-refractivity contribution in [3.8, 4) is 16.9 Å². The van der Waals surface area contributed by atoms with Crippen LogP contribution in [0.2, 0.25) is 0 Å². The van der Waals surface area contributed by atoms with Gasteiger partial charge in [-0.25, -0.2) is 0 Å². The number of halogens is 1. The standard InChI is InChI=1S/C27H24BrNO3/c1-4-31-26-18(3)27-23(24(16-32-27)19-10-12-20(28)13-11-19)15-22(26)17(2)14-25(30)29-21-8-6-5-7-9-21/h5-16H,4H2,1-3H3,(H,29,30)/b17-14+. The number of benzene rings is 3. The first-order valence-corrected chi connectivity index (χ1v) is 11.3. The van der Waals surface area contributed by atoms with E-state index in [2.05, 4.69) is 39.4 Å². The van der Waals surface area contributed by atoms with Crippen molar-refractivity contribution in [1.82, 2.24) is 0 Å². The van der Waals surface area contributed by atoms with E-state index >= 15 is 0 Å². The Labute approximate surface area is 196 Å². The Morgan fingerprint density at radius 1 is 1.12 bits per heavy atom.